The van der Waals surface area contributed by atoms with Crippen molar-refractivity contribution in [2.24, 2.45) is 11.3 Å². The summed E-state index contributed by atoms with van der Waals surface area (Å²) >= 11 is 0. The fourth-order valence-corrected chi connectivity index (χ4v) is 4.36. The molecule has 0 unspecified atom stereocenters. The fraction of sp³-hybridized carbons (Fsp3) is 0.500. The first-order chi connectivity index (χ1) is 16.6. The van der Waals surface area contributed by atoms with Crippen LogP contribution in [0.15, 0.2) is 48.5 Å². The van der Waals surface area contributed by atoms with Crippen LogP contribution in [0, 0.1) is 18.3 Å². The molecular formula is C28H39N3O4. The van der Waals surface area contributed by atoms with Gasteiger partial charge in [-0.1, -0.05) is 31.5 Å². The largest absolute Gasteiger partial charge is 0.484 e. The Balaban J connectivity index is 1.38. The molecule has 1 aliphatic heterocycles. The molecule has 1 saturated heterocycles. The van der Waals surface area contributed by atoms with Gasteiger partial charge in [-0.2, -0.15) is 0 Å². The Morgan fingerprint density at radius 3 is 2.09 bits per heavy atom. The molecule has 0 saturated carbocycles. The van der Waals surface area contributed by atoms with Gasteiger partial charge in [-0.05, 0) is 75.7 Å². The van der Waals surface area contributed by atoms with Gasteiger partial charge in [0.2, 0.25) is 5.91 Å². The van der Waals surface area contributed by atoms with Crippen LogP contribution in [0.3, 0.4) is 0 Å². The predicted molar refractivity (Wildman–Crippen MR) is 138 cm³/mol. The van der Waals surface area contributed by atoms with Crippen LogP contribution in [0.25, 0.3) is 0 Å². The summed E-state index contributed by atoms with van der Waals surface area (Å²) in [5, 5.41) is 3.11. The van der Waals surface area contributed by atoms with Crippen LogP contribution in [0.5, 0.6) is 17.2 Å². The Bertz CT molecular complexity index is 963. The van der Waals surface area contributed by atoms with Crippen LogP contribution in [-0.4, -0.2) is 68.5 Å². The molecule has 2 aromatic rings. The van der Waals surface area contributed by atoms with Gasteiger partial charge in [0.15, 0.2) is 6.61 Å². The summed E-state index contributed by atoms with van der Waals surface area (Å²) in [5.74, 6) is 2.08. The number of piperidine rings is 1. The smallest absolute Gasteiger partial charge is 0.260 e. The molecule has 190 valence electrons. The average molecular weight is 482 g/mol. The monoisotopic (exact) mass is 481 g/mol. The maximum atomic E-state index is 12.6. The van der Waals surface area contributed by atoms with Crippen LogP contribution in [0.4, 0.5) is 0 Å². The molecule has 2 amide bonds. The molecule has 0 aliphatic carbocycles. The lowest BCUT2D eigenvalue weighted by Crippen LogP contribution is -2.46. The van der Waals surface area contributed by atoms with Crippen molar-refractivity contribution >= 4 is 11.8 Å². The number of ether oxygens (including phenoxy) is 2. The number of amides is 2. The van der Waals surface area contributed by atoms with Crippen molar-refractivity contribution in [2.45, 2.75) is 33.6 Å². The van der Waals surface area contributed by atoms with Crippen LogP contribution in [-0.2, 0) is 9.59 Å². The Morgan fingerprint density at radius 1 is 0.971 bits per heavy atom. The molecule has 0 aromatic heterocycles. The summed E-state index contributed by atoms with van der Waals surface area (Å²) in [5.41, 5.74) is 1.19. The highest BCUT2D eigenvalue weighted by Crippen LogP contribution is 2.24. The molecule has 0 radical (unpaired) electrons. The number of carbonyl (C=O) groups is 2. The van der Waals surface area contributed by atoms with E-state index in [0.717, 1.165) is 12.3 Å². The summed E-state index contributed by atoms with van der Waals surface area (Å²) in [7, 11) is 4.08. The average Bonchev–Trinajstić information content (AvgIpc) is 2.83. The minimum Gasteiger partial charge on any atom is -0.484 e. The van der Waals surface area contributed by atoms with E-state index in [1.54, 1.807) is 17.0 Å². The lowest BCUT2D eigenvalue weighted by atomic mass is 9.91. The van der Waals surface area contributed by atoms with Gasteiger partial charge in [-0.15, -0.1) is 0 Å². The maximum Gasteiger partial charge on any atom is 0.260 e. The Labute approximate surface area is 209 Å². The fourth-order valence-electron chi connectivity index (χ4n) is 4.36. The number of nitrogens with one attached hydrogen (secondary N) is 1. The topological polar surface area (TPSA) is 71.1 Å². The van der Waals surface area contributed by atoms with E-state index in [1.807, 2.05) is 57.4 Å². The van der Waals surface area contributed by atoms with Crippen LogP contribution >= 0.6 is 0 Å². The third-order valence-electron chi connectivity index (χ3n) is 6.15. The highest BCUT2D eigenvalue weighted by Gasteiger charge is 2.29. The first-order valence-corrected chi connectivity index (χ1v) is 12.3. The molecular weight excluding hydrogens is 442 g/mol. The van der Waals surface area contributed by atoms with E-state index < -0.39 is 0 Å². The second-order valence-corrected chi connectivity index (χ2v) is 10.5. The van der Waals surface area contributed by atoms with Gasteiger partial charge >= 0.3 is 0 Å². The van der Waals surface area contributed by atoms with Crippen molar-refractivity contribution in [2.75, 3.05) is 46.9 Å². The number of rotatable bonds is 10. The van der Waals surface area contributed by atoms with E-state index in [2.05, 4.69) is 24.1 Å². The number of likely N-dealkylation sites (tertiary alicyclic amines) is 1. The van der Waals surface area contributed by atoms with Crippen molar-refractivity contribution in [3.63, 3.8) is 0 Å². The molecule has 0 bridgehead atoms. The van der Waals surface area contributed by atoms with E-state index in [4.69, 9.17) is 9.47 Å². The highest BCUT2D eigenvalue weighted by atomic mass is 16.5. The zero-order valence-electron chi connectivity index (χ0n) is 21.7. The van der Waals surface area contributed by atoms with Gasteiger partial charge in [0.05, 0.1) is 0 Å². The van der Waals surface area contributed by atoms with Gasteiger partial charge in [0, 0.05) is 32.1 Å². The molecule has 0 atom stereocenters. The van der Waals surface area contributed by atoms with Gasteiger partial charge in [-0.3, -0.25) is 9.59 Å². The molecule has 1 N–H and O–H groups in total. The Kier molecular flexibility index (Phi) is 9.15. The van der Waals surface area contributed by atoms with E-state index in [9.17, 15) is 9.59 Å². The van der Waals surface area contributed by atoms with E-state index >= 15 is 0 Å². The summed E-state index contributed by atoms with van der Waals surface area (Å²) in [6, 6.07) is 15.1. The quantitative estimate of drug-likeness (QED) is 0.553. The number of hydrogen-bond acceptors (Lipinski definition) is 5. The second kappa shape index (κ2) is 12.1. The third kappa shape index (κ3) is 8.58. The van der Waals surface area contributed by atoms with E-state index in [-0.39, 0.29) is 29.8 Å². The van der Waals surface area contributed by atoms with Gasteiger partial charge in [0.25, 0.3) is 5.91 Å². The van der Waals surface area contributed by atoms with Crippen molar-refractivity contribution < 1.29 is 19.1 Å². The minimum absolute atomic E-state index is 0.0121. The molecule has 35 heavy (non-hydrogen) atoms. The summed E-state index contributed by atoms with van der Waals surface area (Å²) < 4.78 is 11.5. The van der Waals surface area contributed by atoms with Gasteiger partial charge in [0.1, 0.15) is 17.2 Å². The molecule has 1 aliphatic rings. The number of aryl methyl sites for hydroxylation is 1. The normalized spacial score (nSPS) is 14.6. The van der Waals surface area contributed by atoms with E-state index in [0.29, 0.717) is 44.0 Å². The number of nitrogens with zero attached hydrogens (tertiary/aromatic N) is 2. The predicted octanol–water partition coefficient (Wildman–Crippen LogP) is 4.11. The summed E-state index contributed by atoms with van der Waals surface area (Å²) in [6.07, 6.45) is 1.35. The number of hydrogen-bond donors (Lipinski definition) is 1. The lowest BCUT2D eigenvalue weighted by Gasteiger charge is -2.33. The van der Waals surface area contributed by atoms with Crippen molar-refractivity contribution in [3.8, 4) is 17.2 Å². The molecule has 7 heteroatoms. The highest BCUT2D eigenvalue weighted by molar-refractivity contribution is 5.80. The zero-order valence-corrected chi connectivity index (χ0v) is 21.7. The molecule has 1 fully saturated rings. The second-order valence-electron chi connectivity index (χ2n) is 10.5. The van der Waals surface area contributed by atoms with Crippen LogP contribution in [0.1, 0.15) is 32.3 Å². The standard InChI is InChI=1S/C28H39N3O4/c1-21-6-8-24(9-7-21)35-25-12-10-23(11-13-25)34-18-26(32)31-16-14-22(15-17-31)27(33)29-19-28(2,3)20-30(4)5/h6-13,22H,14-20H2,1-5H3,(H,29,33). The molecule has 7 nitrogen and oxygen atoms in total. The van der Waals surface area contributed by atoms with Gasteiger partial charge in [-0.25, -0.2) is 0 Å². The zero-order chi connectivity index (χ0) is 25.4. The Morgan fingerprint density at radius 2 is 1.51 bits per heavy atom. The first-order valence-electron chi connectivity index (χ1n) is 12.3. The van der Waals surface area contributed by atoms with Crippen molar-refractivity contribution in [3.05, 3.63) is 54.1 Å². The van der Waals surface area contributed by atoms with Crippen molar-refractivity contribution in [1.29, 1.82) is 0 Å². The first kappa shape index (κ1) is 26.5. The Hall–Kier alpha value is -3.06. The van der Waals surface area contributed by atoms with Crippen LogP contribution < -0.4 is 14.8 Å². The summed E-state index contributed by atoms with van der Waals surface area (Å²) in [4.78, 5) is 29.1. The molecule has 3 rings (SSSR count). The van der Waals surface area contributed by atoms with Crippen LogP contribution in [0.2, 0.25) is 0 Å². The minimum atomic E-state index is -0.0593. The SMILES string of the molecule is Cc1ccc(Oc2ccc(OCC(=O)N3CCC(C(=O)NCC(C)(C)CN(C)C)CC3)cc2)cc1. The maximum absolute atomic E-state index is 12.6. The number of carbonyl (C=O) groups excluding carboxylic acids is 2. The third-order valence-corrected chi connectivity index (χ3v) is 6.15. The van der Waals surface area contributed by atoms with Crippen molar-refractivity contribution in [1.82, 2.24) is 15.1 Å². The lowest BCUT2D eigenvalue weighted by molar-refractivity contribution is -0.137. The molecule has 2 aromatic carbocycles. The molecule has 0 spiro atoms. The molecule has 1 heterocycles. The summed E-state index contributed by atoms with van der Waals surface area (Å²) in [6.45, 7) is 9.02. The van der Waals surface area contributed by atoms with Gasteiger partial charge < -0.3 is 24.6 Å². The van der Waals surface area contributed by atoms with E-state index in [1.165, 1.54) is 5.56 Å². The number of benzene rings is 2.